The van der Waals surface area contributed by atoms with Crippen LogP contribution in [0.4, 0.5) is 0 Å². The number of carbonyl (C=O) groups excluding carboxylic acids is 4. The normalized spacial score (nSPS) is 14.1. The molecule has 0 aromatic heterocycles. The van der Waals surface area contributed by atoms with E-state index in [9.17, 15) is 43.2 Å². The zero-order chi connectivity index (χ0) is 66.3. The number of phosphoric acid groups is 2. The van der Waals surface area contributed by atoms with Gasteiger partial charge in [-0.15, -0.1) is 0 Å². The van der Waals surface area contributed by atoms with Crippen LogP contribution in [0.1, 0.15) is 369 Å². The summed E-state index contributed by atoms with van der Waals surface area (Å²) in [6.07, 6.45) is 51.7. The molecule has 0 aliphatic heterocycles. The molecule has 0 heterocycles. The van der Waals surface area contributed by atoms with Crippen LogP contribution in [-0.4, -0.2) is 96.7 Å². The Morgan fingerprint density at radius 2 is 0.511 bits per heavy atom. The third-order valence-corrected chi connectivity index (χ3v) is 18.4. The molecule has 2 unspecified atom stereocenters. The molecule has 0 rings (SSSR count). The molecule has 534 valence electrons. The molecule has 0 saturated heterocycles. The van der Waals surface area contributed by atoms with Gasteiger partial charge >= 0.3 is 39.5 Å². The lowest BCUT2D eigenvalue weighted by Gasteiger charge is -2.21. The van der Waals surface area contributed by atoms with E-state index in [1.807, 2.05) is 0 Å². The molecule has 0 spiro atoms. The lowest BCUT2D eigenvalue weighted by atomic mass is 10.0. The third-order valence-electron chi connectivity index (χ3n) is 16.5. The number of hydrogen-bond acceptors (Lipinski definition) is 15. The highest BCUT2D eigenvalue weighted by atomic mass is 31.2. The van der Waals surface area contributed by atoms with E-state index < -0.39 is 97.5 Å². The van der Waals surface area contributed by atoms with Gasteiger partial charge in [-0.2, -0.15) is 0 Å². The number of aliphatic hydroxyl groups is 1. The van der Waals surface area contributed by atoms with E-state index >= 15 is 0 Å². The predicted octanol–water partition coefficient (Wildman–Crippen LogP) is 20.5. The van der Waals surface area contributed by atoms with Gasteiger partial charge in [0.25, 0.3) is 0 Å². The third kappa shape index (κ3) is 64.8. The zero-order valence-electron chi connectivity index (χ0n) is 58.3. The van der Waals surface area contributed by atoms with Gasteiger partial charge in [-0.3, -0.25) is 37.3 Å². The van der Waals surface area contributed by atoms with Gasteiger partial charge in [0.05, 0.1) is 26.4 Å². The summed E-state index contributed by atoms with van der Waals surface area (Å²) >= 11 is 0. The van der Waals surface area contributed by atoms with E-state index in [0.717, 1.165) is 96.3 Å². The molecular weight excluding hydrogens is 1190 g/mol. The highest BCUT2D eigenvalue weighted by molar-refractivity contribution is 7.47. The van der Waals surface area contributed by atoms with Crippen molar-refractivity contribution >= 4 is 39.5 Å². The maximum atomic E-state index is 13.0. The van der Waals surface area contributed by atoms with E-state index in [2.05, 4.69) is 34.6 Å². The van der Waals surface area contributed by atoms with Gasteiger partial charge in [0, 0.05) is 25.7 Å². The van der Waals surface area contributed by atoms with Gasteiger partial charge < -0.3 is 33.8 Å². The second-order valence-electron chi connectivity index (χ2n) is 26.1. The molecule has 0 aromatic carbocycles. The number of aliphatic hydroxyl groups excluding tert-OH is 1. The average Bonchev–Trinajstić information content (AvgIpc) is 2.95. The topological polar surface area (TPSA) is 237 Å². The summed E-state index contributed by atoms with van der Waals surface area (Å²) in [6, 6.07) is 0. The quantitative estimate of drug-likeness (QED) is 0.0222. The molecule has 0 aliphatic rings. The monoisotopic (exact) mass is 1320 g/mol. The molecule has 3 N–H and O–H groups in total. The fourth-order valence-corrected chi connectivity index (χ4v) is 12.4. The van der Waals surface area contributed by atoms with Crippen LogP contribution in [0.2, 0.25) is 0 Å². The highest BCUT2D eigenvalue weighted by Gasteiger charge is 2.30. The first kappa shape index (κ1) is 88.1. The minimum atomic E-state index is -4.95. The molecule has 0 radical (unpaired) electrons. The maximum Gasteiger partial charge on any atom is 0.472 e. The molecule has 0 saturated carbocycles. The molecule has 0 fully saturated rings. The predicted molar refractivity (Wildman–Crippen MR) is 363 cm³/mol. The Kier molecular flexibility index (Phi) is 63.0. The van der Waals surface area contributed by atoms with E-state index in [1.165, 1.54) is 186 Å². The minimum absolute atomic E-state index is 0.102. The molecular formula is C71H138O17P2. The Bertz CT molecular complexity index is 1740. The van der Waals surface area contributed by atoms with Crippen molar-refractivity contribution in [2.24, 2.45) is 5.92 Å². The maximum absolute atomic E-state index is 13.0. The molecule has 5 atom stereocenters. The van der Waals surface area contributed by atoms with Gasteiger partial charge in [-0.1, -0.05) is 317 Å². The van der Waals surface area contributed by atoms with E-state index in [0.29, 0.717) is 31.6 Å². The smallest absolute Gasteiger partial charge is 0.462 e. The van der Waals surface area contributed by atoms with Gasteiger partial charge in [0.15, 0.2) is 12.2 Å². The lowest BCUT2D eigenvalue weighted by molar-refractivity contribution is -0.161. The van der Waals surface area contributed by atoms with Gasteiger partial charge in [0.1, 0.15) is 19.3 Å². The van der Waals surface area contributed by atoms with Gasteiger partial charge in [-0.05, 0) is 31.6 Å². The Morgan fingerprint density at radius 1 is 0.300 bits per heavy atom. The van der Waals surface area contributed by atoms with Crippen LogP contribution < -0.4 is 0 Å². The lowest BCUT2D eigenvalue weighted by Crippen LogP contribution is -2.30. The molecule has 0 amide bonds. The summed E-state index contributed by atoms with van der Waals surface area (Å²) in [4.78, 5) is 72.4. The number of carbonyl (C=O) groups is 4. The highest BCUT2D eigenvalue weighted by Crippen LogP contribution is 2.45. The fraction of sp³-hybridized carbons (Fsp3) is 0.944. The molecule has 0 aliphatic carbocycles. The van der Waals surface area contributed by atoms with Crippen molar-refractivity contribution in [2.45, 2.75) is 387 Å². The summed E-state index contributed by atoms with van der Waals surface area (Å²) in [5.74, 6) is -1.46. The van der Waals surface area contributed by atoms with Crippen molar-refractivity contribution in [3.63, 3.8) is 0 Å². The van der Waals surface area contributed by atoms with Gasteiger partial charge in [0.2, 0.25) is 0 Å². The summed E-state index contributed by atoms with van der Waals surface area (Å²) in [5.41, 5.74) is 0. The van der Waals surface area contributed by atoms with Crippen molar-refractivity contribution in [1.82, 2.24) is 0 Å². The Hall–Kier alpha value is -1.94. The number of ether oxygens (including phenoxy) is 4. The summed E-state index contributed by atoms with van der Waals surface area (Å²) in [5, 5.41) is 10.6. The first-order valence-electron chi connectivity index (χ1n) is 37.1. The Morgan fingerprint density at radius 3 is 0.756 bits per heavy atom. The van der Waals surface area contributed by atoms with Gasteiger partial charge in [-0.25, -0.2) is 9.13 Å². The van der Waals surface area contributed by atoms with Crippen molar-refractivity contribution in [2.75, 3.05) is 39.6 Å². The van der Waals surface area contributed by atoms with Crippen LogP contribution >= 0.6 is 15.6 Å². The van der Waals surface area contributed by atoms with Crippen molar-refractivity contribution in [1.29, 1.82) is 0 Å². The van der Waals surface area contributed by atoms with Crippen molar-refractivity contribution < 1.29 is 80.2 Å². The van der Waals surface area contributed by atoms with Crippen LogP contribution in [0.3, 0.4) is 0 Å². The first-order valence-corrected chi connectivity index (χ1v) is 40.1. The molecule has 0 aromatic rings. The Balaban J connectivity index is 5.16. The SMILES string of the molecule is CCCCCCCCCCCCCCCCCCCCCCC(=O)O[C@H](COC(=O)CCCCCCCCCCCCCCC)COP(=O)(O)OC[C@@H](O)COP(=O)(O)OC[C@@H](COC(=O)CCCCCCCCCC)OC(=O)CCCCCCCCC(C)C. The second kappa shape index (κ2) is 64.4. The zero-order valence-corrected chi connectivity index (χ0v) is 60.1. The van der Waals surface area contributed by atoms with Crippen LogP contribution in [0.5, 0.6) is 0 Å². The summed E-state index contributed by atoms with van der Waals surface area (Å²) in [7, 11) is -9.89. The molecule has 19 heteroatoms. The van der Waals surface area contributed by atoms with Crippen LogP contribution in [0.25, 0.3) is 0 Å². The van der Waals surface area contributed by atoms with E-state index in [1.54, 1.807) is 0 Å². The van der Waals surface area contributed by atoms with Crippen LogP contribution in [0.15, 0.2) is 0 Å². The number of unbranched alkanes of at least 4 members (excludes halogenated alkanes) is 43. The van der Waals surface area contributed by atoms with E-state index in [-0.39, 0.29) is 25.7 Å². The standard InChI is InChI=1S/C71H138O17P2/c1-6-9-12-15-18-21-23-25-26-27-28-29-30-31-33-35-37-40-46-51-56-70(75)87-66(60-82-69(74)55-50-45-39-36-34-32-24-22-19-16-13-10-7-2)62-85-89(77,78)83-58-65(72)59-84-90(79,80)86-63-67(61-81-68(73)54-49-44-38-20-17-14-11-8-3)88-71(76)57-52-47-42-41-43-48-53-64(4)5/h64-67,72H,6-63H2,1-5H3,(H,77,78)(H,79,80)/t65-,66-,67-/m1/s1. The van der Waals surface area contributed by atoms with Crippen molar-refractivity contribution in [3.05, 3.63) is 0 Å². The molecule has 90 heavy (non-hydrogen) atoms. The second-order valence-corrected chi connectivity index (χ2v) is 29.0. The summed E-state index contributed by atoms with van der Waals surface area (Å²) in [6.45, 7) is 7.13. The summed E-state index contributed by atoms with van der Waals surface area (Å²) < 4.78 is 68.2. The number of hydrogen-bond donors (Lipinski definition) is 3. The fourth-order valence-electron chi connectivity index (χ4n) is 10.8. The van der Waals surface area contributed by atoms with Crippen molar-refractivity contribution in [3.8, 4) is 0 Å². The van der Waals surface area contributed by atoms with Crippen LogP contribution in [0, 0.1) is 5.92 Å². The van der Waals surface area contributed by atoms with Crippen LogP contribution in [-0.2, 0) is 65.4 Å². The largest absolute Gasteiger partial charge is 0.472 e. The Labute approximate surface area is 549 Å². The number of phosphoric ester groups is 2. The van der Waals surface area contributed by atoms with E-state index in [4.69, 9.17) is 37.0 Å². The minimum Gasteiger partial charge on any atom is -0.462 e. The average molecular weight is 1330 g/mol. The molecule has 0 bridgehead atoms. The molecule has 17 nitrogen and oxygen atoms in total. The number of esters is 4. The number of rotatable bonds is 71. The first-order chi connectivity index (χ1) is 43.5.